The molecule has 1 saturated heterocycles. The van der Waals surface area contributed by atoms with Crippen molar-refractivity contribution in [2.75, 3.05) is 34.0 Å². The Balaban J connectivity index is 1.74. The third-order valence-electron chi connectivity index (χ3n) is 4.12. The van der Waals surface area contributed by atoms with Crippen LogP contribution in [0.5, 0.6) is 5.75 Å². The van der Waals surface area contributed by atoms with Crippen LogP contribution < -0.4 is 10.1 Å². The van der Waals surface area contributed by atoms with E-state index in [2.05, 4.69) is 5.32 Å². The van der Waals surface area contributed by atoms with Crippen molar-refractivity contribution in [2.45, 2.75) is 25.0 Å². The Bertz CT molecular complexity index is 508. The van der Waals surface area contributed by atoms with Crippen LogP contribution in [0, 0.1) is 5.92 Å². The smallest absolute Gasteiger partial charge is 0.220 e. The average molecular weight is 323 g/mol. The van der Waals surface area contributed by atoms with Crippen LogP contribution in [-0.2, 0) is 20.7 Å². The lowest BCUT2D eigenvalue weighted by molar-refractivity contribution is -0.136. The summed E-state index contributed by atoms with van der Waals surface area (Å²) in [6, 6.07) is 7.68. The van der Waals surface area contributed by atoms with Crippen molar-refractivity contribution in [1.82, 2.24) is 5.32 Å². The van der Waals surface area contributed by atoms with Crippen molar-refractivity contribution in [3.05, 3.63) is 29.8 Å². The Labute approximate surface area is 136 Å². The van der Waals surface area contributed by atoms with E-state index in [4.69, 9.17) is 14.2 Å². The van der Waals surface area contributed by atoms with Gasteiger partial charge in [0, 0.05) is 26.0 Å². The molecule has 1 fully saturated rings. The first-order valence-corrected chi connectivity index (χ1v) is 7.82. The van der Waals surface area contributed by atoms with Crippen LogP contribution in [0.1, 0.15) is 12.0 Å². The van der Waals surface area contributed by atoms with Gasteiger partial charge in [0.15, 0.2) is 0 Å². The summed E-state index contributed by atoms with van der Waals surface area (Å²) in [5.74, 6) is 0.602. The Hall–Kier alpha value is -1.63. The predicted molar refractivity (Wildman–Crippen MR) is 85.4 cm³/mol. The van der Waals surface area contributed by atoms with Crippen LogP contribution in [0.4, 0.5) is 0 Å². The molecule has 1 amide bonds. The molecule has 128 valence electrons. The highest BCUT2D eigenvalue weighted by Gasteiger charge is 2.32. The van der Waals surface area contributed by atoms with Gasteiger partial charge in [-0.1, -0.05) is 12.1 Å². The predicted octanol–water partition coefficient (Wildman–Crippen LogP) is 0.766. The van der Waals surface area contributed by atoms with Gasteiger partial charge in [0.25, 0.3) is 0 Å². The zero-order valence-corrected chi connectivity index (χ0v) is 13.7. The summed E-state index contributed by atoms with van der Waals surface area (Å²) in [5.41, 5.74) is 1.06. The number of carbonyl (C=O) groups excluding carboxylic acids is 1. The Morgan fingerprint density at radius 3 is 2.96 bits per heavy atom. The van der Waals surface area contributed by atoms with Gasteiger partial charge in [-0.05, 0) is 24.1 Å². The molecule has 0 aliphatic carbocycles. The maximum Gasteiger partial charge on any atom is 0.220 e. The number of aliphatic hydroxyl groups is 1. The number of aliphatic hydroxyl groups excluding tert-OH is 1. The number of amides is 1. The normalized spacial score (nSPS) is 24.2. The SMILES string of the molecule is COc1cccc(CCC(=O)NC[C@@H]2COC[C@@H](OC)[C@H]2O)c1. The molecule has 1 aromatic rings. The van der Waals surface area contributed by atoms with Gasteiger partial charge >= 0.3 is 0 Å². The van der Waals surface area contributed by atoms with E-state index in [1.165, 1.54) is 0 Å². The van der Waals surface area contributed by atoms with Crippen LogP contribution in [0.2, 0.25) is 0 Å². The molecule has 1 aliphatic rings. The molecule has 0 aromatic heterocycles. The second-order valence-electron chi connectivity index (χ2n) is 5.72. The maximum absolute atomic E-state index is 12.0. The molecule has 0 spiro atoms. The lowest BCUT2D eigenvalue weighted by Gasteiger charge is -2.33. The molecule has 1 heterocycles. The number of nitrogens with one attached hydrogen (secondary N) is 1. The van der Waals surface area contributed by atoms with E-state index in [9.17, 15) is 9.90 Å². The second-order valence-corrected chi connectivity index (χ2v) is 5.72. The van der Waals surface area contributed by atoms with Crippen LogP contribution in [0.3, 0.4) is 0 Å². The minimum atomic E-state index is -0.618. The van der Waals surface area contributed by atoms with Crippen molar-refractivity contribution >= 4 is 5.91 Å². The molecule has 1 aromatic carbocycles. The largest absolute Gasteiger partial charge is 0.497 e. The molecule has 23 heavy (non-hydrogen) atoms. The number of carbonyl (C=O) groups is 1. The van der Waals surface area contributed by atoms with Crippen molar-refractivity contribution in [3.63, 3.8) is 0 Å². The van der Waals surface area contributed by atoms with Crippen LogP contribution in [-0.4, -0.2) is 57.2 Å². The topological polar surface area (TPSA) is 77.0 Å². The summed E-state index contributed by atoms with van der Waals surface area (Å²) in [5, 5.41) is 13.0. The summed E-state index contributed by atoms with van der Waals surface area (Å²) >= 11 is 0. The van der Waals surface area contributed by atoms with E-state index >= 15 is 0 Å². The lowest BCUT2D eigenvalue weighted by Crippen LogP contribution is -2.49. The van der Waals surface area contributed by atoms with Gasteiger partial charge < -0.3 is 24.6 Å². The number of hydrogen-bond donors (Lipinski definition) is 2. The number of hydrogen-bond acceptors (Lipinski definition) is 5. The van der Waals surface area contributed by atoms with E-state index in [0.717, 1.165) is 11.3 Å². The van der Waals surface area contributed by atoms with E-state index in [1.807, 2.05) is 24.3 Å². The van der Waals surface area contributed by atoms with Crippen LogP contribution in [0.25, 0.3) is 0 Å². The second kappa shape index (κ2) is 8.86. The first kappa shape index (κ1) is 17.7. The highest BCUT2D eigenvalue weighted by Crippen LogP contribution is 2.17. The fourth-order valence-electron chi connectivity index (χ4n) is 2.64. The average Bonchev–Trinajstić information content (AvgIpc) is 2.59. The van der Waals surface area contributed by atoms with Gasteiger partial charge in [0.1, 0.15) is 11.9 Å². The zero-order valence-electron chi connectivity index (χ0n) is 13.7. The molecule has 2 N–H and O–H groups in total. The van der Waals surface area contributed by atoms with E-state index in [-0.39, 0.29) is 17.9 Å². The third-order valence-corrected chi connectivity index (χ3v) is 4.12. The summed E-state index contributed by atoms with van der Waals surface area (Å²) < 4.78 is 15.7. The Kier molecular flexibility index (Phi) is 6.83. The minimum absolute atomic E-state index is 0.0421. The monoisotopic (exact) mass is 323 g/mol. The molecule has 2 rings (SSSR count). The molecule has 1 aliphatic heterocycles. The highest BCUT2D eigenvalue weighted by atomic mass is 16.5. The van der Waals surface area contributed by atoms with Gasteiger partial charge in [0.05, 0.1) is 26.4 Å². The first-order chi connectivity index (χ1) is 11.1. The van der Waals surface area contributed by atoms with E-state index in [1.54, 1.807) is 14.2 Å². The molecule has 6 heteroatoms. The van der Waals surface area contributed by atoms with Crippen molar-refractivity contribution in [2.24, 2.45) is 5.92 Å². The molecule has 0 saturated carbocycles. The van der Waals surface area contributed by atoms with Crippen molar-refractivity contribution < 1.29 is 24.1 Å². The summed E-state index contributed by atoms with van der Waals surface area (Å²) in [6.07, 6.45) is 0.0905. The fourth-order valence-corrected chi connectivity index (χ4v) is 2.64. The van der Waals surface area contributed by atoms with Crippen molar-refractivity contribution in [1.29, 1.82) is 0 Å². The fraction of sp³-hybridized carbons (Fsp3) is 0.588. The molecular formula is C17H25NO5. The minimum Gasteiger partial charge on any atom is -0.497 e. The molecule has 3 atom stereocenters. The van der Waals surface area contributed by atoms with Crippen LogP contribution in [0.15, 0.2) is 24.3 Å². The zero-order chi connectivity index (χ0) is 16.7. The summed E-state index contributed by atoms with van der Waals surface area (Å²) in [7, 11) is 3.17. The summed E-state index contributed by atoms with van der Waals surface area (Å²) in [6.45, 7) is 1.20. The number of methoxy groups -OCH3 is 2. The number of aryl methyl sites for hydroxylation is 1. The maximum atomic E-state index is 12.0. The van der Waals surface area contributed by atoms with E-state index in [0.29, 0.717) is 32.6 Å². The Morgan fingerprint density at radius 1 is 1.39 bits per heavy atom. The number of rotatable bonds is 7. The molecule has 0 bridgehead atoms. The quantitative estimate of drug-likeness (QED) is 0.775. The van der Waals surface area contributed by atoms with Gasteiger partial charge in [-0.25, -0.2) is 0 Å². The van der Waals surface area contributed by atoms with Crippen molar-refractivity contribution in [3.8, 4) is 5.75 Å². The van der Waals surface area contributed by atoms with Gasteiger partial charge in [-0.15, -0.1) is 0 Å². The molecule has 6 nitrogen and oxygen atoms in total. The van der Waals surface area contributed by atoms with Crippen LogP contribution >= 0.6 is 0 Å². The standard InChI is InChI=1S/C17H25NO5/c1-21-14-5-3-4-12(8-14)6-7-16(19)18-9-13-10-23-11-15(22-2)17(13)20/h3-5,8,13,15,17,20H,6-7,9-11H2,1-2H3,(H,18,19)/t13-,15-,17+/m1/s1. The number of benzene rings is 1. The first-order valence-electron chi connectivity index (χ1n) is 7.82. The van der Waals surface area contributed by atoms with Gasteiger partial charge in [0.2, 0.25) is 5.91 Å². The van der Waals surface area contributed by atoms with E-state index < -0.39 is 6.10 Å². The molecular weight excluding hydrogens is 298 g/mol. The lowest BCUT2D eigenvalue weighted by atomic mass is 9.96. The molecule has 0 radical (unpaired) electrons. The third kappa shape index (κ3) is 5.20. The Morgan fingerprint density at radius 2 is 2.22 bits per heavy atom. The summed E-state index contributed by atoms with van der Waals surface area (Å²) in [4.78, 5) is 12.0. The van der Waals surface area contributed by atoms with Gasteiger partial charge in [-0.3, -0.25) is 4.79 Å². The number of ether oxygens (including phenoxy) is 3. The molecule has 0 unspecified atom stereocenters. The highest BCUT2D eigenvalue weighted by molar-refractivity contribution is 5.76. The van der Waals surface area contributed by atoms with Gasteiger partial charge in [-0.2, -0.15) is 0 Å².